The number of rotatable bonds is 8. The molecule has 7 nitrogen and oxygen atoms in total. The highest BCUT2D eigenvalue weighted by Gasteiger charge is 2.70. The highest BCUT2D eigenvalue weighted by atomic mass is 16.5. The fourth-order valence-corrected chi connectivity index (χ4v) is 10.6. The smallest absolute Gasteiger partial charge is 0.327 e. The number of aromatic nitrogens is 3. The van der Waals surface area contributed by atoms with Crippen molar-refractivity contribution < 1.29 is 19.7 Å². The minimum Gasteiger partial charge on any atom is -0.464 e. The monoisotopic (exact) mass is 567 g/mol. The maximum atomic E-state index is 12.4. The van der Waals surface area contributed by atoms with Crippen LogP contribution in [0.4, 0.5) is 0 Å². The van der Waals surface area contributed by atoms with Crippen molar-refractivity contribution in [3.05, 3.63) is 23.5 Å². The van der Waals surface area contributed by atoms with Gasteiger partial charge in [0, 0.05) is 22.9 Å². The number of aliphatic hydroxyl groups excluding tert-OH is 2. The van der Waals surface area contributed by atoms with Crippen molar-refractivity contribution in [2.24, 2.45) is 45.3 Å². The zero-order chi connectivity index (χ0) is 29.4. The molecule has 0 aliphatic heterocycles. The summed E-state index contributed by atoms with van der Waals surface area (Å²) in [5.41, 5.74) is 2.27. The average Bonchev–Trinajstić information content (AvgIpc) is 3.60. The molecule has 6 rings (SSSR count). The summed E-state index contributed by atoms with van der Waals surface area (Å²) >= 11 is 0. The highest BCUT2D eigenvalue weighted by molar-refractivity contribution is 5.69. The van der Waals surface area contributed by atoms with E-state index in [2.05, 4.69) is 57.9 Å². The van der Waals surface area contributed by atoms with Gasteiger partial charge in [0.05, 0.1) is 24.5 Å². The predicted molar refractivity (Wildman–Crippen MR) is 158 cm³/mol. The number of allylic oxidation sites excluding steroid dienone is 1. The fraction of sp³-hybridized carbons (Fsp3) is 0.853. The van der Waals surface area contributed by atoms with Crippen LogP contribution in [0.25, 0.3) is 0 Å². The van der Waals surface area contributed by atoms with Crippen molar-refractivity contribution >= 4 is 5.97 Å². The molecule has 0 radical (unpaired) electrons. The van der Waals surface area contributed by atoms with E-state index in [-0.39, 0.29) is 46.4 Å². The average molecular weight is 568 g/mol. The summed E-state index contributed by atoms with van der Waals surface area (Å²) in [5, 5.41) is 31.1. The Bertz CT molecular complexity index is 1190. The number of esters is 1. The summed E-state index contributed by atoms with van der Waals surface area (Å²) in [6.07, 6.45) is 14.0. The van der Waals surface area contributed by atoms with Crippen LogP contribution in [-0.4, -0.2) is 50.0 Å². The Balaban J connectivity index is 1.09. The van der Waals surface area contributed by atoms with E-state index in [4.69, 9.17) is 4.74 Å². The van der Waals surface area contributed by atoms with Crippen LogP contribution in [0.15, 0.2) is 17.8 Å². The molecule has 0 spiro atoms. The van der Waals surface area contributed by atoms with Gasteiger partial charge in [0.2, 0.25) is 0 Å². The van der Waals surface area contributed by atoms with E-state index in [0.29, 0.717) is 36.2 Å². The molecule has 4 fully saturated rings. The van der Waals surface area contributed by atoms with E-state index in [9.17, 15) is 15.0 Å². The van der Waals surface area contributed by atoms with Crippen LogP contribution in [0, 0.1) is 45.3 Å². The summed E-state index contributed by atoms with van der Waals surface area (Å²) in [6.45, 7) is 14.7. The first kappa shape index (κ1) is 29.3. The Hall–Kier alpha value is -1.73. The summed E-state index contributed by atoms with van der Waals surface area (Å²) < 4.78 is 7.18. The molecule has 2 N–H and O–H groups in total. The molecule has 0 bridgehead atoms. The Kier molecular flexibility index (Phi) is 7.29. The Morgan fingerprint density at radius 3 is 2.56 bits per heavy atom. The molecule has 41 heavy (non-hydrogen) atoms. The lowest BCUT2D eigenvalue weighted by Crippen LogP contribution is -2.64. The van der Waals surface area contributed by atoms with Crippen molar-refractivity contribution in [2.75, 3.05) is 6.61 Å². The SMILES string of the molecule is C[C@H](CCCOC(=O)Cn1cc(C2CC2)nn1)[C@H]1CC[C@@]2(C)[C@@H]3CC=C4[C@@H](CC[C@H](O)C4(C)C)[C@]3(C)[C@H](O)C[C@]12C. The summed E-state index contributed by atoms with van der Waals surface area (Å²) in [4.78, 5) is 12.4. The standard InChI is InChI=1S/C34H53N3O4/c1-21(8-7-17-41-30(40)20-37-19-26(35-36-37)22-9-10-22)23-15-16-32(4)27-13-11-24-25(12-14-28(38)31(24,2)3)34(27,6)29(39)18-33(23,32)5/h11,19,21-23,25,27-29,38-39H,7-10,12-18,20H2,1-6H3/t21-,23-,25-,27+,28+,29-,32+,33-,34+/m1/s1. The molecule has 0 amide bonds. The van der Waals surface area contributed by atoms with Gasteiger partial charge in [-0.15, -0.1) is 5.10 Å². The largest absolute Gasteiger partial charge is 0.464 e. The van der Waals surface area contributed by atoms with E-state index in [1.165, 1.54) is 31.3 Å². The van der Waals surface area contributed by atoms with E-state index in [1.807, 2.05) is 6.20 Å². The second-order valence-electron chi connectivity index (χ2n) is 15.8. The van der Waals surface area contributed by atoms with Gasteiger partial charge in [-0.2, -0.15) is 0 Å². The molecule has 228 valence electrons. The maximum absolute atomic E-state index is 12.4. The second kappa shape index (κ2) is 10.2. The van der Waals surface area contributed by atoms with Crippen molar-refractivity contribution in [2.45, 2.75) is 130 Å². The summed E-state index contributed by atoms with van der Waals surface area (Å²) in [7, 11) is 0. The zero-order valence-corrected chi connectivity index (χ0v) is 26.2. The van der Waals surface area contributed by atoms with Crippen molar-refractivity contribution in [3.8, 4) is 0 Å². The van der Waals surface area contributed by atoms with Crippen LogP contribution in [0.3, 0.4) is 0 Å². The fourth-order valence-electron chi connectivity index (χ4n) is 10.6. The number of ether oxygens (including phenoxy) is 1. The van der Waals surface area contributed by atoms with Gasteiger partial charge in [-0.3, -0.25) is 4.79 Å². The molecule has 9 atom stereocenters. The predicted octanol–water partition coefficient (Wildman–Crippen LogP) is 6.05. The number of fused-ring (bicyclic) bond motifs is 5. The number of carbonyl (C=O) groups excluding carboxylic acids is 1. The van der Waals surface area contributed by atoms with Gasteiger partial charge >= 0.3 is 5.97 Å². The number of nitrogens with zero attached hydrogens (tertiary/aromatic N) is 3. The molecule has 0 saturated heterocycles. The molecule has 5 aliphatic carbocycles. The lowest BCUT2D eigenvalue weighted by atomic mass is 9.38. The summed E-state index contributed by atoms with van der Waals surface area (Å²) in [6, 6.07) is 0. The molecular formula is C34H53N3O4. The van der Waals surface area contributed by atoms with Crippen molar-refractivity contribution in [1.29, 1.82) is 0 Å². The molecule has 1 heterocycles. The third kappa shape index (κ3) is 4.54. The van der Waals surface area contributed by atoms with E-state index in [0.717, 1.165) is 44.2 Å². The quantitative estimate of drug-likeness (QED) is 0.225. The molecule has 0 aromatic carbocycles. The van der Waals surface area contributed by atoms with Gasteiger partial charge in [0.15, 0.2) is 0 Å². The van der Waals surface area contributed by atoms with Crippen LogP contribution in [0.1, 0.15) is 117 Å². The molecular weight excluding hydrogens is 514 g/mol. The third-order valence-corrected chi connectivity index (χ3v) is 13.6. The van der Waals surface area contributed by atoms with Crippen molar-refractivity contribution in [1.82, 2.24) is 15.0 Å². The lowest BCUT2D eigenvalue weighted by Gasteiger charge is -2.67. The summed E-state index contributed by atoms with van der Waals surface area (Å²) in [5.74, 6) is 2.13. The number of aliphatic hydroxyl groups is 2. The van der Waals surface area contributed by atoms with Crippen LogP contribution >= 0.6 is 0 Å². The molecule has 4 saturated carbocycles. The molecule has 7 heteroatoms. The van der Waals surface area contributed by atoms with Gasteiger partial charge in [-0.05, 0) is 98.7 Å². The van der Waals surface area contributed by atoms with Crippen molar-refractivity contribution in [3.63, 3.8) is 0 Å². The first-order chi connectivity index (χ1) is 19.3. The Labute approximate surface area is 246 Å². The van der Waals surface area contributed by atoms with Crippen LogP contribution < -0.4 is 0 Å². The van der Waals surface area contributed by atoms with Crippen LogP contribution in [0.2, 0.25) is 0 Å². The zero-order valence-electron chi connectivity index (χ0n) is 26.2. The van der Waals surface area contributed by atoms with E-state index in [1.54, 1.807) is 4.68 Å². The first-order valence-corrected chi connectivity index (χ1v) is 16.4. The van der Waals surface area contributed by atoms with Gasteiger partial charge in [0.25, 0.3) is 0 Å². The van der Waals surface area contributed by atoms with Crippen LogP contribution in [-0.2, 0) is 16.1 Å². The number of carbonyl (C=O) groups is 1. The number of hydrogen-bond acceptors (Lipinski definition) is 6. The molecule has 0 unspecified atom stereocenters. The normalized spacial score (nSPS) is 42.0. The van der Waals surface area contributed by atoms with Crippen LogP contribution in [0.5, 0.6) is 0 Å². The van der Waals surface area contributed by atoms with E-state index < -0.39 is 0 Å². The highest BCUT2D eigenvalue weighted by Crippen LogP contribution is 2.74. The molecule has 1 aromatic heterocycles. The third-order valence-electron chi connectivity index (χ3n) is 13.6. The minimum absolute atomic E-state index is 0.0775. The van der Waals surface area contributed by atoms with Gasteiger partial charge in [-0.25, -0.2) is 4.68 Å². The van der Waals surface area contributed by atoms with Gasteiger partial charge < -0.3 is 14.9 Å². The maximum Gasteiger partial charge on any atom is 0.327 e. The minimum atomic E-state index is -0.337. The lowest BCUT2D eigenvalue weighted by molar-refractivity contribution is -0.204. The molecule has 5 aliphatic rings. The topological polar surface area (TPSA) is 97.5 Å². The van der Waals surface area contributed by atoms with E-state index >= 15 is 0 Å². The second-order valence-corrected chi connectivity index (χ2v) is 15.8. The molecule has 1 aromatic rings. The Morgan fingerprint density at radius 1 is 1.07 bits per heavy atom. The first-order valence-electron chi connectivity index (χ1n) is 16.4. The number of hydrogen-bond donors (Lipinski definition) is 2. The Morgan fingerprint density at radius 2 is 1.83 bits per heavy atom. The van der Waals surface area contributed by atoms with Gasteiger partial charge in [0.1, 0.15) is 6.54 Å². The van der Waals surface area contributed by atoms with Gasteiger partial charge in [-0.1, -0.05) is 58.4 Å².